The Labute approximate surface area is 103 Å². The maximum absolute atomic E-state index is 5.71. The topological polar surface area (TPSA) is 29.3 Å². The second kappa shape index (κ2) is 5.23. The van der Waals surface area contributed by atoms with Crippen molar-refractivity contribution in [3.05, 3.63) is 28.7 Å². The van der Waals surface area contributed by atoms with Crippen molar-refractivity contribution in [3.63, 3.8) is 0 Å². The summed E-state index contributed by atoms with van der Waals surface area (Å²) in [5.41, 5.74) is 7.02. The van der Waals surface area contributed by atoms with Crippen molar-refractivity contribution in [1.82, 2.24) is 0 Å². The van der Waals surface area contributed by atoms with E-state index in [1.54, 1.807) is 0 Å². The van der Waals surface area contributed by atoms with Crippen LogP contribution >= 0.6 is 27.7 Å². The Morgan fingerprint density at radius 3 is 2.80 bits per heavy atom. The molecule has 1 fully saturated rings. The summed E-state index contributed by atoms with van der Waals surface area (Å²) in [6, 6.07) is 8.50. The zero-order chi connectivity index (χ0) is 10.7. The first-order valence-electron chi connectivity index (χ1n) is 5.12. The number of hydrogen-bond donors (Lipinski definition) is 1. The van der Waals surface area contributed by atoms with Gasteiger partial charge in [0.1, 0.15) is 0 Å². The Hall–Kier alpha value is -0.190. The summed E-state index contributed by atoms with van der Waals surface area (Å²) in [7, 11) is 0. The first kappa shape index (κ1) is 11.3. The molecule has 0 aliphatic carbocycles. The van der Waals surface area contributed by atoms with Gasteiger partial charge in [0, 0.05) is 40.8 Å². The minimum absolute atomic E-state index is 0.586. The van der Waals surface area contributed by atoms with Gasteiger partial charge in [0.25, 0.3) is 0 Å². The van der Waals surface area contributed by atoms with Crippen molar-refractivity contribution in [1.29, 1.82) is 0 Å². The Kier molecular flexibility index (Phi) is 3.94. The monoisotopic (exact) mass is 286 g/mol. The van der Waals surface area contributed by atoms with Gasteiger partial charge in [0.2, 0.25) is 0 Å². The van der Waals surface area contributed by atoms with Gasteiger partial charge in [0.15, 0.2) is 0 Å². The number of benzene rings is 1. The number of nitrogens with zero attached hydrogens (tertiary/aromatic N) is 1. The SMILES string of the molecule is NCC1CN(c2ccc(Br)cc2)CCS1. The Morgan fingerprint density at radius 2 is 2.13 bits per heavy atom. The number of thioether (sulfide) groups is 1. The summed E-state index contributed by atoms with van der Waals surface area (Å²) < 4.78 is 1.13. The predicted octanol–water partition coefficient (Wildman–Crippen LogP) is 2.33. The first-order chi connectivity index (χ1) is 7.29. The van der Waals surface area contributed by atoms with Crippen molar-refractivity contribution < 1.29 is 0 Å². The Morgan fingerprint density at radius 1 is 1.40 bits per heavy atom. The zero-order valence-corrected chi connectivity index (χ0v) is 10.9. The fraction of sp³-hybridized carbons (Fsp3) is 0.455. The molecule has 0 amide bonds. The highest BCUT2D eigenvalue weighted by molar-refractivity contribution is 9.10. The maximum atomic E-state index is 5.71. The van der Waals surface area contributed by atoms with Gasteiger partial charge in [0.05, 0.1) is 0 Å². The van der Waals surface area contributed by atoms with Crippen LogP contribution in [0.4, 0.5) is 5.69 Å². The molecule has 0 aromatic heterocycles. The van der Waals surface area contributed by atoms with Gasteiger partial charge in [-0.25, -0.2) is 0 Å². The van der Waals surface area contributed by atoms with E-state index in [0.717, 1.165) is 24.1 Å². The summed E-state index contributed by atoms with van der Waals surface area (Å²) in [6.45, 7) is 2.98. The van der Waals surface area contributed by atoms with E-state index >= 15 is 0 Å². The van der Waals surface area contributed by atoms with Crippen molar-refractivity contribution in [2.75, 3.05) is 30.3 Å². The molecular weight excluding hydrogens is 272 g/mol. The van der Waals surface area contributed by atoms with Crippen molar-refractivity contribution in [2.45, 2.75) is 5.25 Å². The first-order valence-corrected chi connectivity index (χ1v) is 6.96. The van der Waals surface area contributed by atoms with Crippen LogP contribution in [0.5, 0.6) is 0 Å². The number of hydrogen-bond acceptors (Lipinski definition) is 3. The van der Waals surface area contributed by atoms with Crippen LogP contribution in [0.3, 0.4) is 0 Å². The molecule has 4 heteroatoms. The minimum atomic E-state index is 0.586. The molecule has 1 aliphatic rings. The van der Waals surface area contributed by atoms with Crippen LogP contribution in [0.25, 0.3) is 0 Å². The van der Waals surface area contributed by atoms with Crippen molar-refractivity contribution in [3.8, 4) is 0 Å². The van der Waals surface area contributed by atoms with Gasteiger partial charge in [-0.1, -0.05) is 15.9 Å². The van der Waals surface area contributed by atoms with E-state index in [-0.39, 0.29) is 0 Å². The van der Waals surface area contributed by atoms with Crippen LogP contribution in [0.1, 0.15) is 0 Å². The third-order valence-corrected chi connectivity index (χ3v) is 4.35. The number of nitrogens with two attached hydrogens (primary N) is 1. The van der Waals surface area contributed by atoms with E-state index in [1.807, 2.05) is 11.8 Å². The second-order valence-electron chi connectivity index (χ2n) is 3.65. The zero-order valence-electron chi connectivity index (χ0n) is 8.53. The molecule has 2 nitrogen and oxygen atoms in total. The highest BCUT2D eigenvalue weighted by atomic mass is 79.9. The average Bonchev–Trinajstić information content (AvgIpc) is 2.30. The molecule has 1 aromatic rings. The molecule has 2 rings (SSSR count). The molecule has 82 valence electrons. The lowest BCUT2D eigenvalue weighted by Gasteiger charge is -2.33. The third kappa shape index (κ3) is 2.89. The lowest BCUT2D eigenvalue weighted by atomic mass is 10.2. The van der Waals surface area contributed by atoms with Gasteiger partial charge in [-0.2, -0.15) is 11.8 Å². The van der Waals surface area contributed by atoms with E-state index < -0.39 is 0 Å². The van der Waals surface area contributed by atoms with E-state index in [1.165, 1.54) is 11.4 Å². The lowest BCUT2D eigenvalue weighted by Crippen LogP contribution is -2.40. The van der Waals surface area contributed by atoms with Crippen molar-refractivity contribution in [2.24, 2.45) is 5.73 Å². The van der Waals surface area contributed by atoms with E-state index in [0.29, 0.717) is 5.25 Å². The molecule has 1 aromatic carbocycles. The van der Waals surface area contributed by atoms with Crippen LogP contribution in [-0.2, 0) is 0 Å². The molecular formula is C11H15BrN2S. The molecule has 0 bridgehead atoms. The largest absolute Gasteiger partial charge is 0.370 e. The summed E-state index contributed by atoms with van der Waals surface area (Å²) in [4.78, 5) is 2.42. The van der Waals surface area contributed by atoms with Gasteiger partial charge >= 0.3 is 0 Å². The fourth-order valence-corrected chi connectivity index (χ4v) is 3.09. The fourth-order valence-electron chi connectivity index (χ4n) is 1.75. The molecule has 0 spiro atoms. The number of anilines is 1. The molecule has 0 saturated carbocycles. The predicted molar refractivity (Wildman–Crippen MR) is 71.7 cm³/mol. The third-order valence-electron chi connectivity index (χ3n) is 2.59. The van der Waals surface area contributed by atoms with Crippen LogP contribution in [0, 0.1) is 0 Å². The molecule has 1 saturated heterocycles. The van der Waals surface area contributed by atoms with E-state index in [4.69, 9.17) is 5.73 Å². The van der Waals surface area contributed by atoms with Crippen LogP contribution in [-0.4, -0.2) is 30.6 Å². The number of rotatable bonds is 2. The van der Waals surface area contributed by atoms with Gasteiger partial charge in [-0.15, -0.1) is 0 Å². The van der Waals surface area contributed by atoms with Crippen LogP contribution in [0.15, 0.2) is 28.7 Å². The molecule has 15 heavy (non-hydrogen) atoms. The van der Waals surface area contributed by atoms with Gasteiger partial charge in [-0.3, -0.25) is 0 Å². The quantitative estimate of drug-likeness (QED) is 0.905. The second-order valence-corrected chi connectivity index (χ2v) is 5.97. The maximum Gasteiger partial charge on any atom is 0.0367 e. The highest BCUT2D eigenvalue weighted by Gasteiger charge is 2.18. The summed E-state index contributed by atoms with van der Waals surface area (Å²) in [5, 5.41) is 0.586. The van der Waals surface area contributed by atoms with Gasteiger partial charge in [-0.05, 0) is 24.3 Å². The van der Waals surface area contributed by atoms with Crippen LogP contribution < -0.4 is 10.6 Å². The summed E-state index contributed by atoms with van der Waals surface area (Å²) in [6.07, 6.45) is 0. The smallest absolute Gasteiger partial charge is 0.0367 e. The Bertz CT molecular complexity index is 315. The van der Waals surface area contributed by atoms with Gasteiger partial charge < -0.3 is 10.6 Å². The standard InChI is InChI=1S/C11H15BrN2S/c12-9-1-3-10(4-2-9)14-5-6-15-11(7-13)8-14/h1-4,11H,5-8,13H2. The van der Waals surface area contributed by atoms with Crippen LogP contribution in [0.2, 0.25) is 0 Å². The number of halogens is 1. The van der Waals surface area contributed by atoms with Crippen molar-refractivity contribution >= 4 is 33.4 Å². The minimum Gasteiger partial charge on any atom is -0.370 e. The lowest BCUT2D eigenvalue weighted by molar-refractivity contribution is 0.749. The normalized spacial score (nSPS) is 21.7. The van der Waals surface area contributed by atoms with E-state index in [2.05, 4.69) is 45.1 Å². The molecule has 1 atom stereocenters. The summed E-state index contributed by atoms with van der Waals surface area (Å²) in [5.74, 6) is 1.18. The molecule has 0 radical (unpaired) electrons. The highest BCUT2D eigenvalue weighted by Crippen LogP contribution is 2.24. The summed E-state index contributed by atoms with van der Waals surface area (Å²) >= 11 is 5.44. The molecule has 1 heterocycles. The molecule has 1 aliphatic heterocycles. The Balaban J connectivity index is 2.06. The molecule has 1 unspecified atom stereocenters. The average molecular weight is 287 g/mol. The van der Waals surface area contributed by atoms with E-state index in [9.17, 15) is 0 Å². The molecule has 2 N–H and O–H groups in total.